The van der Waals surface area contributed by atoms with Gasteiger partial charge in [-0.1, -0.05) is 0 Å². The van der Waals surface area contributed by atoms with Crippen LogP contribution in [0.4, 0.5) is 0 Å². The van der Waals surface area contributed by atoms with Gasteiger partial charge < -0.3 is 9.72 Å². The average molecular weight is 221 g/mol. The molecule has 0 fully saturated rings. The standard InChI is InChI=1S/C11H11NO2S/c1-7(13)14-10-6-9(15-2)5-8-3-4-12-11(8)10/h3-6,12H,1-2H3. The lowest BCUT2D eigenvalue weighted by Gasteiger charge is -2.05. The maximum absolute atomic E-state index is 10.9. The predicted molar refractivity (Wildman–Crippen MR) is 61.4 cm³/mol. The van der Waals surface area contributed by atoms with E-state index in [9.17, 15) is 4.79 Å². The van der Waals surface area contributed by atoms with Crippen molar-refractivity contribution < 1.29 is 9.53 Å². The zero-order chi connectivity index (χ0) is 10.8. The van der Waals surface area contributed by atoms with Crippen LogP contribution in [0.1, 0.15) is 6.92 Å². The number of hydrogen-bond acceptors (Lipinski definition) is 3. The van der Waals surface area contributed by atoms with Crippen molar-refractivity contribution in [2.45, 2.75) is 11.8 Å². The predicted octanol–water partition coefficient (Wildman–Crippen LogP) is 2.82. The third-order valence-corrected chi connectivity index (χ3v) is 2.79. The SMILES string of the molecule is CSc1cc(OC(C)=O)c2[nH]ccc2c1. The van der Waals surface area contributed by atoms with E-state index in [4.69, 9.17) is 4.74 Å². The minimum atomic E-state index is -0.302. The largest absolute Gasteiger partial charge is 0.424 e. The molecular weight excluding hydrogens is 210 g/mol. The fraction of sp³-hybridized carbons (Fsp3) is 0.182. The van der Waals surface area contributed by atoms with Crippen LogP contribution in [0.25, 0.3) is 10.9 Å². The van der Waals surface area contributed by atoms with Gasteiger partial charge in [0.1, 0.15) is 0 Å². The van der Waals surface area contributed by atoms with Gasteiger partial charge in [0, 0.05) is 23.4 Å². The molecule has 2 aromatic rings. The van der Waals surface area contributed by atoms with Gasteiger partial charge in [0.15, 0.2) is 5.75 Å². The van der Waals surface area contributed by atoms with Crippen molar-refractivity contribution in [2.75, 3.05) is 6.26 Å². The third-order valence-electron chi connectivity index (χ3n) is 2.09. The quantitative estimate of drug-likeness (QED) is 0.481. The Labute approximate surface area is 91.8 Å². The number of carbonyl (C=O) groups excluding carboxylic acids is 1. The average Bonchev–Trinajstić information content (AvgIpc) is 2.64. The summed E-state index contributed by atoms with van der Waals surface area (Å²) in [5.41, 5.74) is 0.864. The van der Waals surface area contributed by atoms with Gasteiger partial charge in [0.05, 0.1) is 5.52 Å². The van der Waals surface area contributed by atoms with Crippen molar-refractivity contribution in [1.29, 1.82) is 0 Å². The molecule has 78 valence electrons. The maximum atomic E-state index is 10.9. The van der Waals surface area contributed by atoms with E-state index in [1.165, 1.54) is 6.92 Å². The molecule has 1 N–H and O–H groups in total. The van der Waals surface area contributed by atoms with Gasteiger partial charge in [-0.3, -0.25) is 4.79 Å². The van der Waals surface area contributed by atoms with E-state index in [2.05, 4.69) is 11.1 Å². The van der Waals surface area contributed by atoms with Gasteiger partial charge in [-0.25, -0.2) is 0 Å². The van der Waals surface area contributed by atoms with Crippen LogP contribution in [0.3, 0.4) is 0 Å². The monoisotopic (exact) mass is 221 g/mol. The third kappa shape index (κ3) is 1.99. The summed E-state index contributed by atoms with van der Waals surface area (Å²) in [6.07, 6.45) is 3.83. The Kier molecular flexibility index (Phi) is 2.68. The Morgan fingerprint density at radius 1 is 1.47 bits per heavy atom. The van der Waals surface area contributed by atoms with Crippen molar-refractivity contribution in [3.63, 3.8) is 0 Å². The normalized spacial score (nSPS) is 10.5. The number of H-pyrrole nitrogens is 1. The van der Waals surface area contributed by atoms with Crippen LogP contribution in [0.2, 0.25) is 0 Å². The number of fused-ring (bicyclic) bond motifs is 1. The van der Waals surface area contributed by atoms with Crippen molar-refractivity contribution in [3.8, 4) is 5.75 Å². The minimum absolute atomic E-state index is 0.302. The molecule has 0 unspecified atom stereocenters. The topological polar surface area (TPSA) is 42.1 Å². The van der Waals surface area contributed by atoms with Crippen LogP contribution in [-0.2, 0) is 4.79 Å². The number of thioether (sulfide) groups is 1. The number of ether oxygens (including phenoxy) is 1. The number of carbonyl (C=O) groups is 1. The van der Waals surface area contributed by atoms with E-state index < -0.39 is 0 Å². The van der Waals surface area contributed by atoms with E-state index in [0.29, 0.717) is 5.75 Å². The number of esters is 1. The van der Waals surface area contributed by atoms with Gasteiger partial charge in [0.25, 0.3) is 0 Å². The second-order valence-corrected chi connectivity index (χ2v) is 4.04. The first kappa shape index (κ1) is 10.1. The fourth-order valence-corrected chi connectivity index (χ4v) is 1.93. The molecule has 4 heteroatoms. The summed E-state index contributed by atoms with van der Waals surface area (Å²) >= 11 is 1.62. The molecule has 0 amide bonds. The molecule has 0 aliphatic rings. The Balaban J connectivity index is 2.57. The van der Waals surface area contributed by atoms with E-state index in [1.807, 2.05) is 24.6 Å². The van der Waals surface area contributed by atoms with Crippen molar-refractivity contribution in [3.05, 3.63) is 24.4 Å². The number of hydrogen-bond donors (Lipinski definition) is 1. The van der Waals surface area contributed by atoms with Crippen LogP contribution in [-0.4, -0.2) is 17.2 Å². The fourth-order valence-electron chi connectivity index (χ4n) is 1.46. The molecule has 0 saturated carbocycles. The van der Waals surface area contributed by atoms with Gasteiger partial charge in [0.2, 0.25) is 0 Å². The summed E-state index contributed by atoms with van der Waals surface area (Å²) < 4.78 is 5.14. The highest BCUT2D eigenvalue weighted by molar-refractivity contribution is 7.98. The van der Waals surface area contributed by atoms with Gasteiger partial charge in [-0.15, -0.1) is 11.8 Å². The van der Waals surface area contributed by atoms with Gasteiger partial charge in [-0.05, 0) is 24.5 Å². The number of benzene rings is 1. The Hall–Kier alpha value is -1.42. The molecule has 0 spiro atoms. The number of nitrogens with one attached hydrogen (secondary N) is 1. The van der Waals surface area contributed by atoms with E-state index >= 15 is 0 Å². The summed E-state index contributed by atoms with van der Waals surface area (Å²) in [6.45, 7) is 1.40. The van der Waals surface area contributed by atoms with Crippen molar-refractivity contribution in [1.82, 2.24) is 4.98 Å². The minimum Gasteiger partial charge on any atom is -0.424 e. The zero-order valence-electron chi connectivity index (χ0n) is 8.53. The summed E-state index contributed by atoms with van der Waals surface area (Å²) in [5.74, 6) is 0.290. The highest BCUT2D eigenvalue weighted by Gasteiger charge is 2.07. The lowest BCUT2D eigenvalue weighted by molar-refractivity contribution is -0.131. The molecule has 0 radical (unpaired) electrons. The maximum Gasteiger partial charge on any atom is 0.308 e. The Morgan fingerprint density at radius 3 is 2.93 bits per heavy atom. The molecule has 15 heavy (non-hydrogen) atoms. The summed E-state index contributed by atoms with van der Waals surface area (Å²) in [6, 6.07) is 5.89. The second-order valence-electron chi connectivity index (χ2n) is 3.16. The molecule has 1 aromatic carbocycles. The number of aromatic nitrogens is 1. The molecule has 0 atom stereocenters. The Bertz CT molecular complexity index is 504. The second kappa shape index (κ2) is 3.98. The number of rotatable bonds is 2. The molecule has 1 heterocycles. The van der Waals surface area contributed by atoms with Crippen molar-refractivity contribution in [2.24, 2.45) is 0 Å². The highest BCUT2D eigenvalue weighted by Crippen LogP contribution is 2.30. The molecular formula is C11H11NO2S. The first-order chi connectivity index (χ1) is 7.20. The summed E-state index contributed by atoms with van der Waals surface area (Å²) in [5, 5.41) is 1.05. The van der Waals surface area contributed by atoms with Crippen molar-refractivity contribution >= 4 is 28.6 Å². The summed E-state index contributed by atoms with van der Waals surface area (Å²) in [4.78, 5) is 15.1. The lowest BCUT2D eigenvalue weighted by atomic mass is 10.2. The first-order valence-corrected chi connectivity index (χ1v) is 5.76. The molecule has 0 bridgehead atoms. The molecule has 1 aromatic heterocycles. The van der Waals surface area contributed by atoms with Gasteiger partial charge >= 0.3 is 5.97 Å². The molecule has 0 aliphatic heterocycles. The Morgan fingerprint density at radius 2 is 2.27 bits per heavy atom. The summed E-state index contributed by atoms with van der Waals surface area (Å²) in [7, 11) is 0. The smallest absolute Gasteiger partial charge is 0.308 e. The van der Waals surface area contributed by atoms with Crippen LogP contribution in [0.15, 0.2) is 29.3 Å². The van der Waals surface area contributed by atoms with E-state index in [0.717, 1.165) is 15.8 Å². The van der Waals surface area contributed by atoms with Gasteiger partial charge in [-0.2, -0.15) is 0 Å². The molecule has 0 aliphatic carbocycles. The van der Waals surface area contributed by atoms with Crippen LogP contribution < -0.4 is 4.74 Å². The van der Waals surface area contributed by atoms with E-state index in [-0.39, 0.29) is 5.97 Å². The lowest BCUT2D eigenvalue weighted by Crippen LogP contribution is -2.01. The highest BCUT2D eigenvalue weighted by atomic mass is 32.2. The van der Waals surface area contributed by atoms with E-state index in [1.54, 1.807) is 11.8 Å². The molecule has 3 nitrogen and oxygen atoms in total. The van der Waals surface area contributed by atoms with Crippen LogP contribution in [0.5, 0.6) is 5.75 Å². The number of aromatic amines is 1. The molecule has 0 saturated heterocycles. The first-order valence-electron chi connectivity index (χ1n) is 4.54. The van der Waals surface area contributed by atoms with Crippen LogP contribution >= 0.6 is 11.8 Å². The zero-order valence-corrected chi connectivity index (χ0v) is 9.35. The van der Waals surface area contributed by atoms with Crippen LogP contribution in [0, 0.1) is 0 Å². The molecule has 2 rings (SSSR count).